The fourth-order valence-electron chi connectivity index (χ4n) is 2.08. The standard InChI is InChI=1S/C18H15ClF3N3O4/c19-13-6-4-11(5-7-13)16(26)25(29-17(27)18(20,21)22)8-9-28-14-3-1-2-12(10-14)15(23)24/h1-7,10H,8-9H2,(H3,23,24). The second-order valence-corrected chi connectivity index (χ2v) is 6.02. The highest BCUT2D eigenvalue weighted by Gasteiger charge is 2.43. The van der Waals surface area contributed by atoms with Gasteiger partial charge in [0.25, 0.3) is 5.91 Å². The zero-order valence-electron chi connectivity index (χ0n) is 14.7. The summed E-state index contributed by atoms with van der Waals surface area (Å²) >= 11 is 5.72. The Bertz CT molecular complexity index is 904. The predicted molar refractivity (Wildman–Crippen MR) is 97.6 cm³/mol. The molecule has 0 saturated heterocycles. The van der Waals surface area contributed by atoms with Crippen LogP contribution < -0.4 is 10.5 Å². The maximum absolute atomic E-state index is 12.5. The van der Waals surface area contributed by atoms with Crippen LogP contribution in [0.5, 0.6) is 5.75 Å². The SMILES string of the molecule is N=C(N)c1cccc(OCCN(OC(=O)C(F)(F)F)C(=O)c2ccc(Cl)cc2)c1. The van der Waals surface area contributed by atoms with Crippen LogP contribution in [-0.4, -0.2) is 42.1 Å². The molecular formula is C18H15ClF3N3O4. The molecule has 2 aromatic rings. The van der Waals surface area contributed by atoms with E-state index in [-0.39, 0.29) is 28.8 Å². The number of nitrogen functional groups attached to an aromatic ring is 1. The van der Waals surface area contributed by atoms with Crippen LogP contribution in [-0.2, 0) is 9.63 Å². The first kappa shape index (κ1) is 22.0. The van der Waals surface area contributed by atoms with Crippen molar-refractivity contribution in [3.05, 3.63) is 64.7 Å². The molecule has 0 aliphatic rings. The number of carbonyl (C=O) groups is 2. The van der Waals surface area contributed by atoms with Crippen LogP contribution in [0.15, 0.2) is 48.5 Å². The molecule has 0 aromatic heterocycles. The summed E-state index contributed by atoms with van der Waals surface area (Å²) in [6.07, 6.45) is -5.28. The van der Waals surface area contributed by atoms with E-state index >= 15 is 0 Å². The van der Waals surface area contributed by atoms with Crippen LogP contribution in [0.4, 0.5) is 13.2 Å². The smallest absolute Gasteiger partial charge is 0.492 e. The number of nitrogens with zero attached hydrogens (tertiary/aromatic N) is 1. The van der Waals surface area contributed by atoms with Gasteiger partial charge in [-0.2, -0.15) is 18.2 Å². The third kappa shape index (κ3) is 6.39. The molecule has 0 radical (unpaired) electrons. The Labute approximate surface area is 168 Å². The van der Waals surface area contributed by atoms with Crippen LogP contribution in [0, 0.1) is 5.41 Å². The zero-order valence-corrected chi connectivity index (χ0v) is 15.5. The highest BCUT2D eigenvalue weighted by Crippen LogP contribution is 2.19. The highest BCUT2D eigenvalue weighted by molar-refractivity contribution is 6.30. The molecule has 0 fully saturated rings. The van der Waals surface area contributed by atoms with Crippen molar-refractivity contribution in [1.29, 1.82) is 5.41 Å². The van der Waals surface area contributed by atoms with Gasteiger partial charge in [0, 0.05) is 16.1 Å². The summed E-state index contributed by atoms with van der Waals surface area (Å²) < 4.78 is 43.0. The summed E-state index contributed by atoms with van der Waals surface area (Å²) in [5.74, 6) is -3.47. The molecule has 1 amide bonds. The molecule has 3 N–H and O–H groups in total. The van der Waals surface area contributed by atoms with Crippen molar-refractivity contribution in [3.8, 4) is 5.75 Å². The number of amides is 1. The summed E-state index contributed by atoms with van der Waals surface area (Å²) in [5.41, 5.74) is 5.71. The van der Waals surface area contributed by atoms with Gasteiger partial charge in [-0.25, -0.2) is 4.79 Å². The number of carbonyl (C=O) groups excluding carboxylic acids is 2. The van der Waals surface area contributed by atoms with Crippen LogP contribution >= 0.6 is 11.6 Å². The van der Waals surface area contributed by atoms with Crippen molar-refractivity contribution in [1.82, 2.24) is 5.06 Å². The number of hydroxylamine groups is 2. The van der Waals surface area contributed by atoms with Gasteiger partial charge in [-0.15, -0.1) is 0 Å². The Hall–Kier alpha value is -3.27. The van der Waals surface area contributed by atoms with Crippen molar-refractivity contribution >= 4 is 29.3 Å². The number of halogens is 4. The first-order valence-corrected chi connectivity index (χ1v) is 8.39. The number of ether oxygens (including phenoxy) is 1. The maximum Gasteiger partial charge on any atom is 0.493 e. The van der Waals surface area contributed by atoms with Gasteiger partial charge in [-0.05, 0) is 36.4 Å². The number of alkyl halides is 3. The van der Waals surface area contributed by atoms with Crippen LogP contribution in [0.2, 0.25) is 5.02 Å². The van der Waals surface area contributed by atoms with Crippen LogP contribution in [0.3, 0.4) is 0 Å². The summed E-state index contributed by atoms with van der Waals surface area (Å²) in [5, 5.41) is 7.95. The predicted octanol–water partition coefficient (Wildman–Crippen LogP) is 3.17. The van der Waals surface area contributed by atoms with Crippen LogP contribution in [0.25, 0.3) is 0 Å². The second-order valence-electron chi connectivity index (χ2n) is 5.58. The molecule has 0 spiro atoms. The summed E-state index contributed by atoms with van der Waals surface area (Å²) in [7, 11) is 0. The molecule has 0 aliphatic heterocycles. The van der Waals surface area contributed by atoms with Gasteiger partial charge in [0.1, 0.15) is 18.2 Å². The zero-order chi connectivity index (χ0) is 21.6. The number of hydrogen-bond donors (Lipinski definition) is 2. The average molecular weight is 430 g/mol. The molecular weight excluding hydrogens is 415 g/mol. The molecule has 7 nitrogen and oxygen atoms in total. The number of amidine groups is 1. The fourth-order valence-corrected chi connectivity index (χ4v) is 2.20. The second kappa shape index (κ2) is 9.28. The molecule has 2 aromatic carbocycles. The molecule has 0 heterocycles. The first-order valence-electron chi connectivity index (χ1n) is 8.01. The third-order valence-electron chi connectivity index (χ3n) is 3.45. The molecule has 2 rings (SSSR count). The van der Waals surface area contributed by atoms with E-state index in [1.165, 1.54) is 36.4 Å². The lowest BCUT2D eigenvalue weighted by atomic mass is 10.2. The largest absolute Gasteiger partial charge is 0.493 e. The first-order chi connectivity index (χ1) is 13.6. The molecule has 0 unspecified atom stereocenters. The monoisotopic (exact) mass is 429 g/mol. The number of nitrogens with one attached hydrogen (secondary N) is 1. The molecule has 154 valence electrons. The molecule has 0 aliphatic carbocycles. The third-order valence-corrected chi connectivity index (χ3v) is 3.70. The minimum absolute atomic E-state index is 0.0389. The van der Waals surface area contributed by atoms with E-state index < -0.39 is 24.6 Å². The maximum atomic E-state index is 12.5. The Morgan fingerprint density at radius 1 is 1.10 bits per heavy atom. The van der Waals surface area contributed by atoms with Crippen molar-refractivity contribution in [2.24, 2.45) is 5.73 Å². The van der Waals surface area contributed by atoms with Gasteiger partial charge in [-0.3, -0.25) is 10.2 Å². The molecule has 29 heavy (non-hydrogen) atoms. The Balaban J connectivity index is 2.11. The fraction of sp³-hybridized carbons (Fsp3) is 0.167. The van der Waals surface area contributed by atoms with Gasteiger partial charge in [0.15, 0.2) is 0 Å². The van der Waals surface area contributed by atoms with Crippen molar-refractivity contribution < 1.29 is 32.3 Å². The van der Waals surface area contributed by atoms with Crippen LogP contribution in [0.1, 0.15) is 15.9 Å². The molecule has 11 heteroatoms. The molecule has 0 atom stereocenters. The lowest BCUT2D eigenvalue weighted by Crippen LogP contribution is -2.40. The van der Waals surface area contributed by atoms with Crippen molar-refractivity contribution in [3.63, 3.8) is 0 Å². The van der Waals surface area contributed by atoms with Gasteiger partial charge in [0.05, 0.1) is 6.54 Å². The Morgan fingerprint density at radius 3 is 2.34 bits per heavy atom. The summed E-state index contributed by atoms with van der Waals surface area (Å²) in [6, 6.07) is 11.4. The van der Waals surface area contributed by atoms with Gasteiger partial charge in [-0.1, -0.05) is 23.7 Å². The number of benzene rings is 2. The minimum Gasteiger partial charge on any atom is -0.492 e. The van der Waals surface area contributed by atoms with E-state index in [0.29, 0.717) is 10.6 Å². The van der Waals surface area contributed by atoms with E-state index in [0.717, 1.165) is 0 Å². The Kier molecular flexibility index (Phi) is 7.05. The number of hydrogen-bond acceptors (Lipinski definition) is 5. The summed E-state index contributed by atoms with van der Waals surface area (Å²) in [6.45, 7) is -0.792. The van der Waals surface area contributed by atoms with E-state index in [2.05, 4.69) is 4.84 Å². The van der Waals surface area contributed by atoms with Gasteiger partial charge in [0.2, 0.25) is 0 Å². The quantitative estimate of drug-likeness (QED) is 0.417. The number of rotatable bonds is 6. The van der Waals surface area contributed by atoms with E-state index in [1.54, 1.807) is 12.1 Å². The lowest BCUT2D eigenvalue weighted by Gasteiger charge is -2.22. The molecule has 0 saturated carbocycles. The van der Waals surface area contributed by atoms with Crippen molar-refractivity contribution in [2.75, 3.05) is 13.2 Å². The minimum atomic E-state index is -5.28. The normalized spacial score (nSPS) is 10.9. The number of nitrogens with two attached hydrogens (primary N) is 1. The topological polar surface area (TPSA) is 106 Å². The van der Waals surface area contributed by atoms with Crippen molar-refractivity contribution in [2.45, 2.75) is 6.18 Å². The van der Waals surface area contributed by atoms with E-state index in [1.807, 2.05) is 0 Å². The average Bonchev–Trinajstić information content (AvgIpc) is 2.66. The Morgan fingerprint density at radius 2 is 1.76 bits per heavy atom. The van der Waals surface area contributed by atoms with Gasteiger partial charge >= 0.3 is 12.1 Å². The van der Waals surface area contributed by atoms with E-state index in [9.17, 15) is 22.8 Å². The van der Waals surface area contributed by atoms with E-state index in [4.69, 9.17) is 27.5 Å². The highest BCUT2D eigenvalue weighted by atomic mass is 35.5. The summed E-state index contributed by atoms with van der Waals surface area (Å²) in [4.78, 5) is 27.8. The van der Waals surface area contributed by atoms with Gasteiger partial charge < -0.3 is 15.3 Å². The lowest BCUT2D eigenvalue weighted by molar-refractivity contribution is -0.229. The molecule has 0 bridgehead atoms.